The Morgan fingerprint density at radius 1 is 0.875 bits per heavy atom. The van der Waals surface area contributed by atoms with Gasteiger partial charge in [0.15, 0.2) is 0 Å². The molecule has 0 rings (SSSR count). The highest BCUT2D eigenvalue weighted by Crippen LogP contribution is 1.95. The van der Waals surface area contributed by atoms with Crippen molar-refractivity contribution in [2.75, 3.05) is 13.2 Å². The van der Waals surface area contributed by atoms with Crippen LogP contribution in [-0.4, -0.2) is 24.8 Å². The summed E-state index contributed by atoms with van der Waals surface area (Å²) < 4.78 is 0. The lowest BCUT2D eigenvalue weighted by molar-refractivity contribution is -0.121. The van der Waals surface area contributed by atoms with Crippen LogP contribution in [0.1, 0.15) is 108 Å². The van der Waals surface area contributed by atoms with Crippen LogP contribution in [0, 0.1) is 0 Å². The first kappa shape index (κ1) is 34.3. The van der Waals surface area contributed by atoms with E-state index in [1.165, 1.54) is 0 Å². The van der Waals surface area contributed by atoms with E-state index in [-0.39, 0.29) is 5.91 Å². The van der Waals surface area contributed by atoms with Gasteiger partial charge in [-0.25, -0.2) is 0 Å². The number of oxime groups is 1. The van der Waals surface area contributed by atoms with Gasteiger partial charge in [0.2, 0.25) is 5.91 Å². The first-order valence-corrected chi connectivity index (χ1v) is 10.2. The lowest BCUT2D eigenvalue weighted by atomic mass is 10.2. The maximum Gasteiger partial charge on any atom is 0.220 e. The summed E-state index contributed by atoms with van der Waals surface area (Å²) in [5, 5.41) is 6.83. The van der Waals surface area contributed by atoms with Crippen LogP contribution in [0.4, 0.5) is 0 Å². The number of hydrogen-bond acceptors (Lipinski definition) is 3. The molecule has 0 radical (unpaired) electrons. The third-order valence-corrected chi connectivity index (χ3v) is 2.22. The summed E-state index contributed by atoms with van der Waals surface area (Å²) >= 11 is 0. The van der Waals surface area contributed by atoms with E-state index in [1.54, 1.807) is 0 Å². The van der Waals surface area contributed by atoms with Crippen molar-refractivity contribution in [2.24, 2.45) is 5.16 Å². The van der Waals surface area contributed by atoms with Gasteiger partial charge < -0.3 is 10.2 Å². The molecule has 0 saturated heterocycles. The van der Waals surface area contributed by atoms with Gasteiger partial charge in [0.05, 0.1) is 5.71 Å². The van der Waals surface area contributed by atoms with E-state index >= 15 is 0 Å². The Bertz CT molecular complexity index is 212. The number of nitrogens with one attached hydrogen (secondary N) is 1. The fourth-order valence-corrected chi connectivity index (χ4v) is 1.17. The molecule has 0 aromatic heterocycles. The van der Waals surface area contributed by atoms with Crippen LogP contribution in [0.2, 0.25) is 0 Å². The molecule has 0 heterocycles. The summed E-state index contributed by atoms with van der Waals surface area (Å²) in [4.78, 5) is 16.3. The molecule has 0 spiro atoms. The van der Waals surface area contributed by atoms with Crippen LogP contribution in [-0.2, 0) is 9.63 Å². The highest BCUT2D eigenvalue weighted by Gasteiger charge is 1.99. The molecule has 0 aliphatic carbocycles. The Balaban J connectivity index is -0.000000130. The van der Waals surface area contributed by atoms with Gasteiger partial charge in [-0.1, -0.05) is 81.3 Å². The molecule has 1 amide bonds. The molecular formula is C20H48N2O2. The van der Waals surface area contributed by atoms with Crippen molar-refractivity contribution >= 4 is 11.6 Å². The van der Waals surface area contributed by atoms with Crippen LogP contribution in [0.25, 0.3) is 0 Å². The minimum atomic E-state index is 0.0978. The van der Waals surface area contributed by atoms with Gasteiger partial charge in [-0.2, -0.15) is 0 Å². The van der Waals surface area contributed by atoms with Gasteiger partial charge in [0.1, 0.15) is 6.61 Å². The molecule has 0 aliphatic rings. The Morgan fingerprint density at radius 3 is 1.71 bits per heavy atom. The van der Waals surface area contributed by atoms with Crippen molar-refractivity contribution in [1.82, 2.24) is 5.32 Å². The van der Waals surface area contributed by atoms with Crippen molar-refractivity contribution < 1.29 is 9.63 Å². The SMILES string of the molecule is CC.CC.CC.CC.CCCNC(=O)CCCON=C(CC)CC. The molecule has 0 unspecified atom stereocenters. The molecule has 4 heteroatoms. The van der Waals surface area contributed by atoms with Crippen molar-refractivity contribution in [3.63, 3.8) is 0 Å². The maximum atomic E-state index is 11.2. The van der Waals surface area contributed by atoms with Crippen LogP contribution in [0.5, 0.6) is 0 Å². The van der Waals surface area contributed by atoms with E-state index in [0.29, 0.717) is 13.0 Å². The second-order valence-corrected chi connectivity index (χ2v) is 3.65. The third-order valence-electron chi connectivity index (χ3n) is 2.22. The highest BCUT2D eigenvalue weighted by atomic mass is 16.6. The zero-order valence-electron chi connectivity index (χ0n) is 18.7. The molecule has 24 heavy (non-hydrogen) atoms. The Kier molecular flexibility index (Phi) is 61.6. The average molecular weight is 349 g/mol. The highest BCUT2D eigenvalue weighted by molar-refractivity contribution is 5.83. The quantitative estimate of drug-likeness (QED) is 0.290. The molecule has 1 N–H and O–H groups in total. The normalized spacial score (nSPS) is 7.46. The predicted molar refractivity (Wildman–Crippen MR) is 112 cm³/mol. The minimum absolute atomic E-state index is 0.0978. The number of carbonyl (C=O) groups excluding carboxylic acids is 1. The monoisotopic (exact) mass is 348 g/mol. The number of hydrogen-bond donors (Lipinski definition) is 1. The minimum Gasteiger partial charge on any atom is -0.396 e. The standard InChI is InChI=1S/C12H24N2O2.4C2H6/c1-4-9-13-12(15)8-7-10-16-14-11(5-2)6-3;4*1-2/h4-10H2,1-3H3,(H,13,15);4*1-2H3. The molecule has 0 atom stereocenters. The maximum absolute atomic E-state index is 11.2. The molecule has 0 bridgehead atoms. The Labute approximate surface area is 153 Å². The predicted octanol–water partition coefficient (Wildman–Crippen LogP) is 6.59. The van der Waals surface area contributed by atoms with Crippen molar-refractivity contribution in [3.8, 4) is 0 Å². The topological polar surface area (TPSA) is 50.7 Å². The van der Waals surface area contributed by atoms with E-state index in [1.807, 2.05) is 62.3 Å². The molecule has 0 aromatic rings. The van der Waals surface area contributed by atoms with Gasteiger partial charge in [-0.3, -0.25) is 4.79 Å². The summed E-state index contributed by atoms with van der Waals surface area (Å²) in [6, 6.07) is 0. The second kappa shape index (κ2) is 43.1. The molecule has 4 nitrogen and oxygen atoms in total. The largest absolute Gasteiger partial charge is 0.396 e. The van der Waals surface area contributed by atoms with Gasteiger partial charge >= 0.3 is 0 Å². The van der Waals surface area contributed by atoms with Gasteiger partial charge in [0.25, 0.3) is 0 Å². The molecular weight excluding hydrogens is 300 g/mol. The number of rotatable bonds is 9. The first-order valence-electron chi connectivity index (χ1n) is 10.2. The van der Waals surface area contributed by atoms with Crippen molar-refractivity contribution in [2.45, 2.75) is 108 Å². The van der Waals surface area contributed by atoms with Gasteiger partial charge in [0, 0.05) is 13.0 Å². The summed E-state index contributed by atoms with van der Waals surface area (Å²) in [6.07, 6.45) is 4.06. The zero-order valence-corrected chi connectivity index (χ0v) is 18.7. The summed E-state index contributed by atoms with van der Waals surface area (Å²) in [6.45, 7) is 23.4. The third kappa shape index (κ3) is 37.3. The average Bonchev–Trinajstić information content (AvgIpc) is 2.69. The number of carbonyl (C=O) groups is 1. The van der Waals surface area contributed by atoms with Gasteiger partial charge in [-0.15, -0.1) is 0 Å². The van der Waals surface area contributed by atoms with Gasteiger partial charge in [-0.05, 0) is 25.7 Å². The van der Waals surface area contributed by atoms with E-state index in [9.17, 15) is 4.79 Å². The number of amides is 1. The summed E-state index contributed by atoms with van der Waals surface area (Å²) in [7, 11) is 0. The Morgan fingerprint density at radius 2 is 1.33 bits per heavy atom. The van der Waals surface area contributed by atoms with Crippen molar-refractivity contribution in [1.29, 1.82) is 0 Å². The van der Waals surface area contributed by atoms with Crippen molar-refractivity contribution in [3.05, 3.63) is 0 Å². The molecule has 150 valence electrons. The molecule has 0 aliphatic heterocycles. The fourth-order valence-electron chi connectivity index (χ4n) is 1.17. The number of nitrogens with zero attached hydrogens (tertiary/aromatic N) is 1. The van der Waals surface area contributed by atoms with Crippen LogP contribution in [0.3, 0.4) is 0 Å². The van der Waals surface area contributed by atoms with Crippen LogP contribution in [0.15, 0.2) is 5.16 Å². The van der Waals surface area contributed by atoms with Crippen LogP contribution < -0.4 is 5.32 Å². The summed E-state index contributed by atoms with van der Waals surface area (Å²) in [5.74, 6) is 0.0978. The van der Waals surface area contributed by atoms with Crippen LogP contribution >= 0.6 is 0 Å². The van der Waals surface area contributed by atoms with E-state index in [0.717, 1.165) is 37.9 Å². The molecule has 0 aromatic carbocycles. The van der Waals surface area contributed by atoms with E-state index in [4.69, 9.17) is 4.84 Å². The van der Waals surface area contributed by atoms with E-state index < -0.39 is 0 Å². The fraction of sp³-hybridized carbons (Fsp3) is 0.900. The lowest BCUT2D eigenvalue weighted by Gasteiger charge is -2.03. The zero-order chi connectivity index (χ0) is 20.2. The second-order valence-electron chi connectivity index (χ2n) is 3.65. The molecule has 0 saturated carbocycles. The Hall–Kier alpha value is -1.06. The summed E-state index contributed by atoms with van der Waals surface area (Å²) in [5.41, 5.74) is 1.07. The first-order chi connectivity index (χ1) is 11.7. The smallest absolute Gasteiger partial charge is 0.220 e. The van der Waals surface area contributed by atoms with E-state index in [2.05, 4.69) is 24.3 Å². The lowest BCUT2D eigenvalue weighted by Crippen LogP contribution is -2.23. The molecule has 0 fully saturated rings.